The van der Waals surface area contributed by atoms with Crippen molar-refractivity contribution in [2.75, 3.05) is 13.6 Å². The molecule has 0 radical (unpaired) electrons. The number of quaternary nitrogens is 1. The fourth-order valence-corrected chi connectivity index (χ4v) is 2.62. The van der Waals surface area contributed by atoms with Crippen LogP contribution >= 0.6 is 0 Å². The van der Waals surface area contributed by atoms with Crippen molar-refractivity contribution in [3.05, 3.63) is 30.1 Å². The summed E-state index contributed by atoms with van der Waals surface area (Å²) in [6, 6.07) is 4.37. The molecule has 1 amide bonds. The fraction of sp³-hybridized carbons (Fsp3) is 0.500. The molecule has 86 valence electrons. The van der Waals surface area contributed by atoms with Crippen LogP contribution in [0.3, 0.4) is 0 Å². The number of nitrogens with one attached hydrogen (secondary N) is 1. The molecule has 1 aromatic heterocycles. The highest BCUT2D eigenvalue weighted by Gasteiger charge is 2.40. The van der Waals surface area contributed by atoms with Crippen molar-refractivity contribution in [3.8, 4) is 0 Å². The molecule has 0 aliphatic carbocycles. The largest absolute Gasteiger partial charge is 0.270 e. The summed E-state index contributed by atoms with van der Waals surface area (Å²) < 4.78 is 0.598. The zero-order valence-corrected chi connectivity index (χ0v) is 9.81. The van der Waals surface area contributed by atoms with Crippen LogP contribution in [0.1, 0.15) is 31.4 Å². The zero-order chi connectivity index (χ0) is 11.6. The van der Waals surface area contributed by atoms with Crippen molar-refractivity contribution in [2.24, 2.45) is 0 Å². The van der Waals surface area contributed by atoms with Gasteiger partial charge in [-0.15, -0.1) is 0 Å². The number of carbonyl (C=O) groups is 1. The number of hydrogen-bond acceptors (Lipinski definition) is 2. The van der Waals surface area contributed by atoms with Crippen LogP contribution in [0.2, 0.25) is 0 Å². The summed E-state index contributed by atoms with van der Waals surface area (Å²) in [4.78, 5) is 15.4. The first-order valence-electron chi connectivity index (χ1n) is 5.66. The molecule has 1 aliphatic heterocycles. The van der Waals surface area contributed by atoms with Gasteiger partial charge in [-0.05, 0) is 12.1 Å². The minimum Gasteiger partial charge on any atom is -0.270 e. The number of carbonyl (C=O) groups excluding carboxylic acids is 1. The van der Waals surface area contributed by atoms with Crippen molar-refractivity contribution < 1.29 is 9.39 Å². The number of aromatic nitrogens is 1. The molecule has 1 fully saturated rings. The summed E-state index contributed by atoms with van der Waals surface area (Å²) in [5.74, 6) is 0.0262. The van der Waals surface area contributed by atoms with Crippen molar-refractivity contribution in [3.63, 3.8) is 0 Å². The molecule has 1 aliphatic rings. The number of hydrogen-bond donors (Lipinski definition) is 1. The highest BCUT2D eigenvalue weighted by molar-refractivity contribution is 5.71. The Hall–Kier alpha value is -1.42. The van der Waals surface area contributed by atoms with Gasteiger partial charge in [0.05, 0.1) is 7.05 Å². The third kappa shape index (κ3) is 2.07. The summed E-state index contributed by atoms with van der Waals surface area (Å²) in [6.07, 6.45) is 5.91. The van der Waals surface area contributed by atoms with Crippen molar-refractivity contribution in [1.82, 2.24) is 10.4 Å². The predicted octanol–water partition coefficient (Wildman–Crippen LogP) is 1.41. The molecule has 2 heterocycles. The van der Waals surface area contributed by atoms with E-state index in [1.807, 2.05) is 12.3 Å². The molecular formula is C12H18N3O+. The Kier molecular flexibility index (Phi) is 2.92. The number of likely N-dealkylation sites (tertiary alicyclic amines) is 1. The minimum atomic E-state index is 0.0262. The van der Waals surface area contributed by atoms with Gasteiger partial charge in [0.2, 0.25) is 0 Å². The van der Waals surface area contributed by atoms with Gasteiger partial charge < -0.3 is 0 Å². The highest BCUT2D eigenvalue weighted by Crippen LogP contribution is 2.35. The maximum Gasteiger partial charge on any atom is 0.261 e. The Labute approximate surface area is 95.9 Å². The fourth-order valence-electron chi connectivity index (χ4n) is 2.62. The second-order valence-corrected chi connectivity index (χ2v) is 4.60. The smallest absolute Gasteiger partial charge is 0.261 e. The summed E-state index contributed by atoms with van der Waals surface area (Å²) in [6.45, 7) is 2.56. The van der Waals surface area contributed by atoms with E-state index in [1.165, 1.54) is 5.56 Å². The summed E-state index contributed by atoms with van der Waals surface area (Å²) in [7, 11) is 2.08. The van der Waals surface area contributed by atoms with E-state index in [9.17, 15) is 4.79 Å². The molecule has 4 nitrogen and oxygen atoms in total. The quantitative estimate of drug-likeness (QED) is 0.766. The van der Waals surface area contributed by atoms with Crippen molar-refractivity contribution in [2.45, 2.75) is 25.8 Å². The highest BCUT2D eigenvalue weighted by atomic mass is 16.2. The molecule has 0 saturated carbocycles. The standard InChI is InChI=1S/C12H17N3O/c1-10(16)14-15(2)8-4-6-12(15)11-5-3-7-13-9-11/h3,5,7,9,12H,4,6,8H2,1-2H3/p+1/t12-,15-/m0/s1. The average molecular weight is 220 g/mol. The molecule has 0 spiro atoms. The molecule has 1 N–H and O–H groups in total. The van der Waals surface area contributed by atoms with Crippen molar-refractivity contribution >= 4 is 5.91 Å². The van der Waals surface area contributed by atoms with Gasteiger partial charge >= 0.3 is 0 Å². The molecule has 0 bridgehead atoms. The molecule has 1 saturated heterocycles. The van der Waals surface area contributed by atoms with Crippen LogP contribution in [0.5, 0.6) is 0 Å². The SMILES string of the molecule is CC(=O)N[N@@+]1(C)CCC[C@H]1c1cccnc1. The first kappa shape index (κ1) is 11.1. The van der Waals surface area contributed by atoms with Gasteiger partial charge in [0.25, 0.3) is 5.91 Å². The Balaban J connectivity index is 2.24. The lowest BCUT2D eigenvalue weighted by molar-refractivity contribution is -0.960. The average Bonchev–Trinajstić information content (AvgIpc) is 2.60. The van der Waals surface area contributed by atoms with Gasteiger partial charge in [-0.25, -0.2) is 10.0 Å². The van der Waals surface area contributed by atoms with E-state index in [2.05, 4.69) is 23.5 Å². The van der Waals surface area contributed by atoms with Gasteiger partial charge in [0.1, 0.15) is 12.6 Å². The van der Waals surface area contributed by atoms with Crippen LogP contribution in [0.25, 0.3) is 0 Å². The van der Waals surface area contributed by atoms with E-state index < -0.39 is 0 Å². The maximum atomic E-state index is 11.2. The summed E-state index contributed by atoms with van der Waals surface area (Å²) in [5, 5.41) is 0. The second-order valence-electron chi connectivity index (χ2n) is 4.60. The van der Waals surface area contributed by atoms with Gasteiger partial charge in [-0.1, -0.05) is 0 Å². The summed E-state index contributed by atoms with van der Waals surface area (Å²) >= 11 is 0. The van der Waals surface area contributed by atoms with Crippen LogP contribution in [-0.2, 0) is 4.79 Å². The normalized spacial score (nSPS) is 29.0. The van der Waals surface area contributed by atoms with E-state index in [1.54, 1.807) is 13.1 Å². The Morgan fingerprint density at radius 2 is 2.44 bits per heavy atom. The van der Waals surface area contributed by atoms with Crippen LogP contribution in [0, 0.1) is 0 Å². The van der Waals surface area contributed by atoms with Gasteiger partial charge in [-0.3, -0.25) is 9.78 Å². The van der Waals surface area contributed by atoms with Crippen LogP contribution in [-0.4, -0.2) is 29.1 Å². The van der Waals surface area contributed by atoms with Crippen LogP contribution in [0.4, 0.5) is 0 Å². The van der Waals surface area contributed by atoms with Crippen LogP contribution in [0.15, 0.2) is 24.5 Å². The minimum absolute atomic E-state index is 0.0262. The first-order chi connectivity index (χ1) is 7.62. The van der Waals surface area contributed by atoms with Gasteiger partial charge in [-0.2, -0.15) is 0 Å². The third-order valence-electron chi connectivity index (χ3n) is 3.27. The van der Waals surface area contributed by atoms with E-state index in [4.69, 9.17) is 0 Å². The second kappa shape index (κ2) is 4.22. The molecule has 2 atom stereocenters. The summed E-state index contributed by atoms with van der Waals surface area (Å²) in [5.41, 5.74) is 4.24. The van der Waals surface area contributed by atoms with Crippen LogP contribution < -0.4 is 5.43 Å². The topological polar surface area (TPSA) is 42.0 Å². The lowest BCUT2D eigenvalue weighted by Gasteiger charge is -2.34. The Morgan fingerprint density at radius 1 is 1.62 bits per heavy atom. The van der Waals surface area contributed by atoms with E-state index in [-0.39, 0.29) is 5.91 Å². The van der Waals surface area contributed by atoms with E-state index in [0.717, 1.165) is 19.4 Å². The first-order valence-corrected chi connectivity index (χ1v) is 5.66. The molecule has 4 heteroatoms. The molecule has 0 aromatic carbocycles. The van der Waals surface area contributed by atoms with E-state index in [0.29, 0.717) is 10.6 Å². The molecule has 2 rings (SSSR count). The van der Waals surface area contributed by atoms with E-state index >= 15 is 0 Å². The lowest BCUT2D eigenvalue weighted by atomic mass is 10.1. The maximum absolute atomic E-state index is 11.2. The molecular weight excluding hydrogens is 202 g/mol. The molecule has 0 unspecified atom stereocenters. The zero-order valence-electron chi connectivity index (χ0n) is 9.81. The number of nitrogens with zero attached hydrogens (tertiary/aromatic N) is 2. The Bertz CT molecular complexity index is 379. The number of rotatable bonds is 2. The van der Waals surface area contributed by atoms with Gasteiger partial charge in [0, 0.05) is 37.7 Å². The van der Waals surface area contributed by atoms with Crippen molar-refractivity contribution in [1.29, 1.82) is 0 Å². The lowest BCUT2D eigenvalue weighted by Crippen LogP contribution is -2.55. The third-order valence-corrected chi connectivity index (χ3v) is 3.27. The Morgan fingerprint density at radius 3 is 3.06 bits per heavy atom. The monoisotopic (exact) mass is 220 g/mol. The predicted molar refractivity (Wildman–Crippen MR) is 61.1 cm³/mol. The van der Waals surface area contributed by atoms with Gasteiger partial charge in [0.15, 0.2) is 0 Å². The molecule has 1 aromatic rings. The number of amides is 1. The number of pyridine rings is 1. The molecule has 16 heavy (non-hydrogen) atoms.